The van der Waals surface area contributed by atoms with Gasteiger partial charge in [0, 0.05) is 12.2 Å². The normalized spacial score (nSPS) is 17.6. The van der Waals surface area contributed by atoms with Crippen molar-refractivity contribution in [1.82, 2.24) is 4.98 Å². The Morgan fingerprint density at radius 3 is 2.72 bits per heavy atom. The molecule has 0 bridgehead atoms. The van der Waals surface area contributed by atoms with E-state index in [2.05, 4.69) is 11.1 Å². The van der Waals surface area contributed by atoms with Crippen molar-refractivity contribution in [3.8, 4) is 0 Å². The van der Waals surface area contributed by atoms with Crippen molar-refractivity contribution in [3.63, 3.8) is 0 Å². The first kappa shape index (κ1) is 15.8. The number of anilines is 1. The van der Waals surface area contributed by atoms with Crippen LogP contribution >= 0.6 is 11.3 Å². The number of benzene rings is 2. The first-order valence-corrected chi connectivity index (χ1v) is 9.15. The molecule has 0 radical (unpaired) electrons. The number of rotatable bonds is 4. The summed E-state index contributed by atoms with van der Waals surface area (Å²) in [6, 6.07) is 15.8. The fourth-order valence-electron chi connectivity index (χ4n) is 3.24. The maximum Gasteiger partial charge on any atom is 0.326 e. The highest BCUT2D eigenvalue weighted by Crippen LogP contribution is 2.27. The zero-order chi connectivity index (χ0) is 17.2. The van der Waals surface area contributed by atoms with Crippen molar-refractivity contribution in [2.75, 3.05) is 11.4 Å². The maximum absolute atomic E-state index is 11.3. The van der Waals surface area contributed by atoms with Gasteiger partial charge in [0.05, 0.1) is 10.2 Å². The molecule has 4 rings (SSSR count). The first-order chi connectivity index (χ1) is 12.2. The van der Waals surface area contributed by atoms with Gasteiger partial charge in [-0.3, -0.25) is 0 Å². The zero-order valence-corrected chi connectivity index (χ0v) is 14.4. The van der Waals surface area contributed by atoms with E-state index in [1.165, 1.54) is 4.70 Å². The molecule has 3 aromatic rings. The summed E-state index contributed by atoms with van der Waals surface area (Å²) in [6.45, 7) is 0.803. The minimum Gasteiger partial charge on any atom is -0.480 e. The van der Waals surface area contributed by atoms with Gasteiger partial charge >= 0.3 is 5.97 Å². The van der Waals surface area contributed by atoms with E-state index in [1.54, 1.807) is 11.3 Å². The van der Waals surface area contributed by atoms with Crippen LogP contribution in [0.4, 0.5) is 5.69 Å². The largest absolute Gasteiger partial charge is 0.480 e. The van der Waals surface area contributed by atoms with Gasteiger partial charge < -0.3 is 10.0 Å². The van der Waals surface area contributed by atoms with Gasteiger partial charge in [-0.2, -0.15) is 0 Å². The molecule has 126 valence electrons. The van der Waals surface area contributed by atoms with Crippen LogP contribution in [0.3, 0.4) is 0 Å². The summed E-state index contributed by atoms with van der Waals surface area (Å²) in [5, 5.41) is 10.3. The number of aromatic nitrogens is 1. The number of nitrogens with zero attached hydrogens (tertiary/aromatic N) is 2. The quantitative estimate of drug-likeness (QED) is 0.752. The summed E-state index contributed by atoms with van der Waals surface area (Å²) in [7, 11) is 0. The second-order valence-corrected chi connectivity index (χ2v) is 7.20. The SMILES string of the molecule is O=C(O)C1CCCN1c1ccc(/C=C/c2nc3ccccc3s2)cc1. The Bertz CT molecular complexity index is 897. The standard InChI is InChI=1S/C20H18N2O2S/c23-20(24)17-5-3-13-22(17)15-10-7-14(8-11-15)9-12-19-21-16-4-1-2-6-18(16)25-19/h1-2,4,6-12,17H,3,5,13H2,(H,23,24)/b12-9+. The number of hydrogen-bond donors (Lipinski definition) is 1. The van der Waals surface area contributed by atoms with Crippen LogP contribution in [0.2, 0.25) is 0 Å². The molecule has 2 heterocycles. The zero-order valence-electron chi connectivity index (χ0n) is 13.6. The Morgan fingerprint density at radius 2 is 1.96 bits per heavy atom. The number of fused-ring (bicyclic) bond motifs is 1. The van der Waals surface area contributed by atoms with Crippen LogP contribution in [0, 0.1) is 0 Å². The van der Waals surface area contributed by atoms with Crippen molar-refractivity contribution < 1.29 is 9.90 Å². The lowest BCUT2D eigenvalue weighted by molar-refractivity contribution is -0.138. The van der Waals surface area contributed by atoms with E-state index in [0.29, 0.717) is 6.42 Å². The van der Waals surface area contributed by atoms with E-state index in [1.807, 2.05) is 59.5 Å². The van der Waals surface area contributed by atoms with Crippen LogP contribution in [0.5, 0.6) is 0 Å². The van der Waals surface area contributed by atoms with E-state index in [-0.39, 0.29) is 0 Å². The lowest BCUT2D eigenvalue weighted by atomic mass is 10.1. The predicted octanol–water partition coefficient (Wildman–Crippen LogP) is 4.52. The van der Waals surface area contributed by atoms with Crippen molar-refractivity contribution in [2.45, 2.75) is 18.9 Å². The first-order valence-electron chi connectivity index (χ1n) is 8.34. The van der Waals surface area contributed by atoms with Crippen LogP contribution in [0.15, 0.2) is 48.5 Å². The lowest BCUT2D eigenvalue weighted by Crippen LogP contribution is -2.35. The molecule has 0 spiro atoms. The van der Waals surface area contributed by atoms with Gasteiger partial charge in [0.15, 0.2) is 0 Å². The Hall–Kier alpha value is -2.66. The number of thiazole rings is 1. The number of carboxylic acids is 1. The Balaban J connectivity index is 1.51. The van der Waals surface area contributed by atoms with E-state index in [4.69, 9.17) is 0 Å². The fraction of sp³-hybridized carbons (Fsp3) is 0.200. The molecule has 1 atom stereocenters. The molecule has 25 heavy (non-hydrogen) atoms. The maximum atomic E-state index is 11.3. The third kappa shape index (κ3) is 3.28. The monoisotopic (exact) mass is 350 g/mol. The van der Waals surface area contributed by atoms with Crippen molar-refractivity contribution in [1.29, 1.82) is 0 Å². The van der Waals surface area contributed by atoms with Crippen LogP contribution in [-0.4, -0.2) is 28.6 Å². The molecular formula is C20H18N2O2S. The molecule has 4 nitrogen and oxygen atoms in total. The highest BCUT2D eigenvalue weighted by Gasteiger charge is 2.30. The Kier molecular flexibility index (Phi) is 4.24. The summed E-state index contributed by atoms with van der Waals surface area (Å²) in [5.74, 6) is -0.739. The van der Waals surface area contributed by atoms with Crippen molar-refractivity contribution in [3.05, 3.63) is 59.1 Å². The molecule has 1 saturated heterocycles. The number of aliphatic carboxylic acids is 1. The Morgan fingerprint density at radius 1 is 1.16 bits per heavy atom. The molecule has 1 fully saturated rings. The minimum absolute atomic E-state index is 0.399. The van der Waals surface area contributed by atoms with Gasteiger partial charge in [0.1, 0.15) is 11.0 Å². The molecule has 1 aliphatic rings. The number of hydrogen-bond acceptors (Lipinski definition) is 4. The summed E-state index contributed by atoms with van der Waals surface area (Å²) >= 11 is 1.67. The van der Waals surface area contributed by atoms with Gasteiger partial charge in [0.2, 0.25) is 0 Å². The molecule has 0 saturated carbocycles. The van der Waals surface area contributed by atoms with Crippen molar-refractivity contribution in [2.24, 2.45) is 0 Å². The van der Waals surface area contributed by atoms with Crippen LogP contribution in [0.25, 0.3) is 22.4 Å². The molecule has 1 aromatic heterocycles. The number of para-hydroxylation sites is 1. The second kappa shape index (κ2) is 6.69. The molecule has 1 aliphatic heterocycles. The van der Waals surface area contributed by atoms with Crippen LogP contribution in [0.1, 0.15) is 23.4 Å². The third-order valence-corrected chi connectivity index (χ3v) is 5.49. The summed E-state index contributed by atoms with van der Waals surface area (Å²) in [4.78, 5) is 17.9. The van der Waals surface area contributed by atoms with Gasteiger partial charge in [-0.25, -0.2) is 9.78 Å². The van der Waals surface area contributed by atoms with Gasteiger partial charge in [-0.05, 0) is 48.7 Å². The molecule has 1 N–H and O–H groups in total. The van der Waals surface area contributed by atoms with Gasteiger partial charge in [-0.15, -0.1) is 11.3 Å². The Labute approximate surface area is 150 Å². The molecule has 2 aromatic carbocycles. The van der Waals surface area contributed by atoms with E-state index in [0.717, 1.165) is 34.7 Å². The fourth-order valence-corrected chi connectivity index (χ4v) is 4.11. The van der Waals surface area contributed by atoms with E-state index in [9.17, 15) is 9.90 Å². The molecule has 0 aliphatic carbocycles. The third-order valence-electron chi connectivity index (χ3n) is 4.49. The minimum atomic E-state index is -0.739. The summed E-state index contributed by atoms with van der Waals surface area (Å²) < 4.78 is 1.19. The summed E-state index contributed by atoms with van der Waals surface area (Å²) in [6.07, 6.45) is 5.71. The topological polar surface area (TPSA) is 53.4 Å². The summed E-state index contributed by atoms with van der Waals surface area (Å²) in [5.41, 5.74) is 3.08. The molecule has 1 unspecified atom stereocenters. The average Bonchev–Trinajstić information content (AvgIpc) is 3.27. The number of carbonyl (C=O) groups is 1. The average molecular weight is 350 g/mol. The van der Waals surface area contributed by atoms with Crippen LogP contribution < -0.4 is 4.90 Å². The molecular weight excluding hydrogens is 332 g/mol. The molecule has 5 heteroatoms. The second-order valence-electron chi connectivity index (χ2n) is 6.13. The van der Waals surface area contributed by atoms with Crippen LogP contribution in [-0.2, 0) is 4.79 Å². The highest BCUT2D eigenvalue weighted by atomic mass is 32.1. The van der Waals surface area contributed by atoms with Gasteiger partial charge in [-0.1, -0.05) is 30.3 Å². The number of carboxylic acid groups (broad SMARTS) is 1. The predicted molar refractivity (Wildman–Crippen MR) is 103 cm³/mol. The lowest BCUT2D eigenvalue weighted by Gasteiger charge is -2.23. The van der Waals surface area contributed by atoms with Crippen molar-refractivity contribution >= 4 is 45.4 Å². The molecule has 0 amide bonds. The highest BCUT2D eigenvalue weighted by molar-refractivity contribution is 7.19. The van der Waals surface area contributed by atoms with Gasteiger partial charge in [0.25, 0.3) is 0 Å². The smallest absolute Gasteiger partial charge is 0.326 e. The van der Waals surface area contributed by atoms with E-state index < -0.39 is 12.0 Å². The van der Waals surface area contributed by atoms with E-state index >= 15 is 0 Å².